The molecule has 0 radical (unpaired) electrons. The predicted octanol–water partition coefficient (Wildman–Crippen LogP) is 4.19. The highest BCUT2D eigenvalue weighted by atomic mass is 16.5. The summed E-state index contributed by atoms with van der Waals surface area (Å²) in [5, 5.41) is 11.9. The van der Waals surface area contributed by atoms with Crippen molar-refractivity contribution in [2.45, 2.75) is 26.3 Å². The molecule has 1 unspecified atom stereocenters. The molecule has 0 heterocycles. The molecular formula is C22H28N2O3. The highest BCUT2D eigenvalue weighted by Crippen LogP contribution is 2.46. The average Bonchev–Trinajstić information content (AvgIpc) is 2.84. The maximum atomic E-state index is 11.2. The van der Waals surface area contributed by atoms with Gasteiger partial charge < -0.3 is 20.1 Å². The molecule has 2 N–H and O–H groups in total. The lowest BCUT2D eigenvalue weighted by Crippen LogP contribution is -2.34. The number of rotatable bonds is 6. The summed E-state index contributed by atoms with van der Waals surface area (Å²) in [5.41, 5.74) is 4.36. The molecule has 1 atom stereocenters. The van der Waals surface area contributed by atoms with Gasteiger partial charge in [0.1, 0.15) is 12.4 Å². The molecule has 0 aliphatic heterocycles. The molecule has 2 aromatic rings. The maximum Gasteiger partial charge on any atom is 0.405 e. The van der Waals surface area contributed by atoms with Gasteiger partial charge in [0.25, 0.3) is 0 Å². The number of nitrogens with zero attached hydrogens (tertiary/aromatic N) is 1. The molecule has 3 rings (SSSR count). The number of fused-ring (bicyclic) bond motifs is 1. The van der Waals surface area contributed by atoms with Crippen molar-refractivity contribution in [3.8, 4) is 16.9 Å². The van der Waals surface area contributed by atoms with Gasteiger partial charge in [0, 0.05) is 6.54 Å². The molecule has 1 aliphatic carbocycles. The Labute approximate surface area is 161 Å². The molecule has 5 heteroatoms. The number of carboxylic acid groups (broad SMARTS) is 1. The maximum absolute atomic E-state index is 11.2. The lowest BCUT2D eigenvalue weighted by atomic mass is 9.85. The van der Waals surface area contributed by atoms with Crippen molar-refractivity contribution in [2.75, 3.05) is 27.2 Å². The summed E-state index contributed by atoms with van der Waals surface area (Å²) in [5.74, 6) is 0.862. The summed E-state index contributed by atoms with van der Waals surface area (Å²) in [4.78, 5) is 13.3. The van der Waals surface area contributed by atoms with Gasteiger partial charge in [0.05, 0.1) is 6.04 Å². The lowest BCUT2D eigenvalue weighted by molar-refractivity contribution is 0.175. The average molecular weight is 368 g/mol. The molecule has 5 nitrogen and oxygen atoms in total. The van der Waals surface area contributed by atoms with Crippen molar-refractivity contribution in [3.05, 3.63) is 53.6 Å². The van der Waals surface area contributed by atoms with E-state index in [-0.39, 0.29) is 11.5 Å². The van der Waals surface area contributed by atoms with E-state index < -0.39 is 6.09 Å². The second kappa shape index (κ2) is 7.61. The third-order valence-corrected chi connectivity index (χ3v) is 5.12. The van der Waals surface area contributed by atoms with E-state index in [2.05, 4.69) is 54.4 Å². The Balaban J connectivity index is 1.83. The molecule has 0 saturated carbocycles. The largest absolute Gasteiger partial charge is 0.492 e. The fourth-order valence-electron chi connectivity index (χ4n) is 3.74. The summed E-state index contributed by atoms with van der Waals surface area (Å²) < 4.78 is 5.85. The van der Waals surface area contributed by atoms with Gasteiger partial charge in [0.2, 0.25) is 0 Å². The van der Waals surface area contributed by atoms with Crippen molar-refractivity contribution in [3.63, 3.8) is 0 Å². The normalized spacial score (nSPS) is 17.6. The SMILES string of the molecule is CN(C)CCOc1cccc(-c2ccc3c(c2)CC(C)(C)C3NC(=O)O)c1. The standard InChI is InChI=1S/C22H28N2O3/c1-22(2)14-17-12-16(8-9-19(17)20(22)23-21(25)26)15-6-5-7-18(13-15)27-11-10-24(3)4/h5-9,12-13,20,23H,10-11,14H2,1-4H3,(H,25,26). The third kappa shape index (κ3) is 4.42. The van der Waals surface area contributed by atoms with Gasteiger partial charge in [0.15, 0.2) is 0 Å². The Morgan fingerprint density at radius 1 is 1.22 bits per heavy atom. The van der Waals surface area contributed by atoms with Gasteiger partial charge in [-0.15, -0.1) is 0 Å². The monoisotopic (exact) mass is 368 g/mol. The molecule has 27 heavy (non-hydrogen) atoms. The van der Waals surface area contributed by atoms with E-state index in [4.69, 9.17) is 4.74 Å². The van der Waals surface area contributed by atoms with Crippen molar-refractivity contribution in [1.82, 2.24) is 10.2 Å². The molecule has 1 aliphatic rings. The van der Waals surface area contributed by atoms with Gasteiger partial charge in [-0.1, -0.05) is 44.2 Å². The van der Waals surface area contributed by atoms with Crippen LogP contribution in [-0.4, -0.2) is 43.3 Å². The van der Waals surface area contributed by atoms with Crippen LogP contribution in [0.5, 0.6) is 5.75 Å². The van der Waals surface area contributed by atoms with Crippen LogP contribution in [-0.2, 0) is 6.42 Å². The van der Waals surface area contributed by atoms with Gasteiger partial charge >= 0.3 is 6.09 Å². The molecule has 0 spiro atoms. The summed E-state index contributed by atoms with van der Waals surface area (Å²) in [6, 6.07) is 14.2. The number of ether oxygens (including phenoxy) is 1. The molecule has 0 saturated heterocycles. The molecule has 144 valence electrons. The molecule has 0 aromatic heterocycles. The number of likely N-dealkylation sites (N-methyl/N-ethyl adjacent to an activating group) is 1. The van der Waals surface area contributed by atoms with Crippen molar-refractivity contribution in [1.29, 1.82) is 0 Å². The van der Waals surface area contributed by atoms with E-state index in [9.17, 15) is 9.90 Å². The molecular weight excluding hydrogens is 340 g/mol. The van der Waals surface area contributed by atoms with Gasteiger partial charge in [-0.05, 0) is 60.3 Å². The van der Waals surface area contributed by atoms with Crippen LogP contribution in [0.3, 0.4) is 0 Å². The second-order valence-electron chi connectivity index (χ2n) is 8.14. The van der Waals surface area contributed by atoms with E-state index in [1.165, 1.54) is 5.56 Å². The quantitative estimate of drug-likeness (QED) is 0.803. The first-order chi connectivity index (χ1) is 12.8. The highest BCUT2D eigenvalue weighted by Gasteiger charge is 2.39. The minimum Gasteiger partial charge on any atom is -0.492 e. The van der Waals surface area contributed by atoms with E-state index in [1.54, 1.807) is 0 Å². The van der Waals surface area contributed by atoms with Crippen molar-refractivity contribution < 1.29 is 14.6 Å². The fraction of sp³-hybridized carbons (Fsp3) is 0.409. The van der Waals surface area contributed by atoms with E-state index in [1.807, 2.05) is 26.2 Å². The number of amides is 1. The van der Waals surface area contributed by atoms with Crippen molar-refractivity contribution in [2.24, 2.45) is 5.41 Å². The number of carbonyl (C=O) groups is 1. The van der Waals surface area contributed by atoms with Gasteiger partial charge in [-0.25, -0.2) is 4.79 Å². The minimum atomic E-state index is -0.979. The summed E-state index contributed by atoms with van der Waals surface area (Å²) in [7, 11) is 4.05. The van der Waals surface area contributed by atoms with Crippen LogP contribution in [0.15, 0.2) is 42.5 Å². The topological polar surface area (TPSA) is 61.8 Å². The minimum absolute atomic E-state index is 0.142. The van der Waals surface area contributed by atoms with Gasteiger partial charge in [-0.2, -0.15) is 0 Å². The molecule has 0 bridgehead atoms. The van der Waals surface area contributed by atoms with Crippen LogP contribution >= 0.6 is 0 Å². The first-order valence-corrected chi connectivity index (χ1v) is 9.26. The Hall–Kier alpha value is -2.53. The number of hydrogen-bond donors (Lipinski definition) is 2. The third-order valence-electron chi connectivity index (χ3n) is 5.12. The van der Waals surface area contributed by atoms with Crippen LogP contribution in [0.4, 0.5) is 4.79 Å². The van der Waals surface area contributed by atoms with Crippen LogP contribution in [0, 0.1) is 5.41 Å². The lowest BCUT2D eigenvalue weighted by Gasteiger charge is -2.27. The molecule has 2 aromatic carbocycles. The first kappa shape index (κ1) is 19.2. The number of nitrogens with one attached hydrogen (secondary N) is 1. The summed E-state index contributed by atoms with van der Waals surface area (Å²) in [6.45, 7) is 5.73. The van der Waals surface area contributed by atoms with Crippen LogP contribution < -0.4 is 10.1 Å². The van der Waals surface area contributed by atoms with Crippen LogP contribution in [0.1, 0.15) is 31.0 Å². The second-order valence-corrected chi connectivity index (χ2v) is 8.14. The van der Waals surface area contributed by atoms with Crippen LogP contribution in [0.2, 0.25) is 0 Å². The Kier molecular flexibility index (Phi) is 5.42. The first-order valence-electron chi connectivity index (χ1n) is 9.26. The predicted molar refractivity (Wildman–Crippen MR) is 107 cm³/mol. The Bertz CT molecular complexity index is 830. The zero-order valence-corrected chi connectivity index (χ0v) is 16.5. The van der Waals surface area contributed by atoms with E-state index in [0.717, 1.165) is 35.4 Å². The summed E-state index contributed by atoms with van der Waals surface area (Å²) in [6.07, 6.45) is -0.132. The highest BCUT2D eigenvalue weighted by molar-refractivity contribution is 5.69. The Morgan fingerprint density at radius 2 is 1.96 bits per heavy atom. The smallest absolute Gasteiger partial charge is 0.405 e. The fourth-order valence-corrected chi connectivity index (χ4v) is 3.74. The van der Waals surface area contributed by atoms with Gasteiger partial charge in [-0.3, -0.25) is 0 Å². The van der Waals surface area contributed by atoms with Crippen LogP contribution in [0.25, 0.3) is 11.1 Å². The number of benzene rings is 2. The molecule has 1 amide bonds. The van der Waals surface area contributed by atoms with E-state index in [0.29, 0.717) is 6.61 Å². The zero-order chi connectivity index (χ0) is 19.6. The molecule has 0 fully saturated rings. The van der Waals surface area contributed by atoms with Crippen molar-refractivity contribution >= 4 is 6.09 Å². The summed E-state index contributed by atoms with van der Waals surface area (Å²) >= 11 is 0. The Morgan fingerprint density at radius 3 is 2.67 bits per heavy atom. The zero-order valence-electron chi connectivity index (χ0n) is 16.5. The number of hydrogen-bond acceptors (Lipinski definition) is 3. The van der Waals surface area contributed by atoms with E-state index >= 15 is 0 Å².